The zero-order valence-electron chi connectivity index (χ0n) is 7.45. The molecule has 0 aromatic carbocycles. The maximum absolute atomic E-state index is 12.2. The van der Waals surface area contributed by atoms with Crippen molar-refractivity contribution in [3.05, 3.63) is 22.2 Å². The first kappa shape index (κ1) is 12.3. The first-order valence-electron chi connectivity index (χ1n) is 3.71. The summed E-state index contributed by atoms with van der Waals surface area (Å²) < 4.78 is 37.3. The van der Waals surface area contributed by atoms with Crippen molar-refractivity contribution in [3.8, 4) is 0 Å². The van der Waals surface area contributed by atoms with Crippen molar-refractivity contribution in [2.75, 3.05) is 5.73 Å². The number of nitrogens with zero attached hydrogens (tertiary/aromatic N) is 3. The van der Waals surface area contributed by atoms with Gasteiger partial charge in [-0.15, -0.1) is 17.5 Å². The molecule has 2 rings (SSSR count). The van der Waals surface area contributed by atoms with Crippen LogP contribution in [0.5, 0.6) is 0 Å². The summed E-state index contributed by atoms with van der Waals surface area (Å²) in [6, 6.07) is 0.918. The highest BCUT2D eigenvalue weighted by atomic mass is 35.5. The molecular formula is C6H5ClF3N5O. The van der Waals surface area contributed by atoms with E-state index in [1.165, 1.54) is 0 Å². The van der Waals surface area contributed by atoms with Gasteiger partial charge in [-0.25, -0.2) is 0 Å². The quantitative estimate of drug-likeness (QED) is 0.715. The Morgan fingerprint density at radius 3 is 2.62 bits per heavy atom. The average Bonchev–Trinajstić information content (AvgIpc) is 2.46. The second-order valence-corrected chi connectivity index (χ2v) is 2.73. The van der Waals surface area contributed by atoms with E-state index >= 15 is 0 Å². The molecule has 0 unspecified atom stereocenters. The van der Waals surface area contributed by atoms with Crippen LogP contribution in [0.4, 0.5) is 19.0 Å². The Hall–Kier alpha value is -1.77. The van der Waals surface area contributed by atoms with Gasteiger partial charge in [0, 0.05) is 6.07 Å². The van der Waals surface area contributed by atoms with E-state index in [-0.39, 0.29) is 24.0 Å². The van der Waals surface area contributed by atoms with E-state index in [2.05, 4.69) is 15.1 Å². The molecule has 0 spiro atoms. The van der Waals surface area contributed by atoms with Crippen LogP contribution in [0, 0.1) is 0 Å². The van der Waals surface area contributed by atoms with Crippen molar-refractivity contribution in [3.63, 3.8) is 0 Å². The molecule has 0 saturated carbocycles. The van der Waals surface area contributed by atoms with Crippen molar-refractivity contribution in [1.82, 2.24) is 19.6 Å². The Kier molecular flexibility index (Phi) is 2.82. The molecule has 0 aliphatic rings. The van der Waals surface area contributed by atoms with Crippen molar-refractivity contribution in [1.29, 1.82) is 0 Å². The van der Waals surface area contributed by atoms with Gasteiger partial charge in [0.25, 0.3) is 11.4 Å². The Balaban J connectivity index is 0.00000128. The summed E-state index contributed by atoms with van der Waals surface area (Å²) in [5.41, 5.74) is 4.65. The van der Waals surface area contributed by atoms with Gasteiger partial charge in [-0.2, -0.15) is 22.7 Å². The lowest BCUT2D eigenvalue weighted by molar-refractivity contribution is -0.144. The molecule has 2 heterocycles. The normalized spacial score (nSPS) is 11.4. The number of fused-ring (bicyclic) bond motifs is 1. The van der Waals surface area contributed by atoms with E-state index in [1.807, 2.05) is 0 Å². The Morgan fingerprint density at radius 1 is 1.44 bits per heavy atom. The van der Waals surface area contributed by atoms with Gasteiger partial charge >= 0.3 is 6.18 Å². The van der Waals surface area contributed by atoms with Gasteiger partial charge in [0.05, 0.1) is 0 Å². The maximum Gasteiger partial charge on any atom is 0.453 e. The van der Waals surface area contributed by atoms with Crippen molar-refractivity contribution in [2.24, 2.45) is 0 Å². The molecule has 0 aliphatic carbocycles. The first-order valence-corrected chi connectivity index (χ1v) is 3.71. The van der Waals surface area contributed by atoms with E-state index in [0.29, 0.717) is 4.52 Å². The third kappa shape index (κ3) is 1.94. The molecule has 0 radical (unpaired) electrons. The monoisotopic (exact) mass is 255 g/mol. The molecule has 0 aliphatic heterocycles. The number of hydrogen-bond acceptors (Lipinski definition) is 4. The van der Waals surface area contributed by atoms with Gasteiger partial charge in [-0.3, -0.25) is 9.78 Å². The maximum atomic E-state index is 12.2. The van der Waals surface area contributed by atoms with E-state index in [1.54, 1.807) is 0 Å². The predicted octanol–water partition coefficient (Wildman–Crippen LogP) is 0.440. The number of halogens is 4. The zero-order valence-corrected chi connectivity index (χ0v) is 8.26. The molecule has 16 heavy (non-hydrogen) atoms. The fourth-order valence-electron chi connectivity index (χ4n) is 1.03. The molecule has 88 valence electrons. The van der Waals surface area contributed by atoms with Crippen LogP contribution in [0.25, 0.3) is 5.78 Å². The van der Waals surface area contributed by atoms with Gasteiger partial charge in [0.1, 0.15) is 5.82 Å². The number of anilines is 1. The standard InChI is InChI=1S/C6H4F3N5O.ClH/c7-6(8,9)4-12-5-11-3(15)1-2(10)14(5)13-4;/h1H,10H2,(H,11,12,13,15);1H. The fourth-order valence-corrected chi connectivity index (χ4v) is 1.03. The molecule has 0 bridgehead atoms. The number of hydrogen-bond donors (Lipinski definition) is 2. The van der Waals surface area contributed by atoms with Gasteiger partial charge < -0.3 is 5.73 Å². The van der Waals surface area contributed by atoms with Crippen molar-refractivity contribution >= 4 is 24.0 Å². The molecular weight excluding hydrogens is 251 g/mol. The Morgan fingerprint density at radius 2 is 2.06 bits per heavy atom. The zero-order chi connectivity index (χ0) is 11.2. The van der Waals surface area contributed by atoms with Gasteiger partial charge in [0.2, 0.25) is 5.78 Å². The second-order valence-electron chi connectivity index (χ2n) is 2.73. The van der Waals surface area contributed by atoms with Gasteiger partial charge in [-0.1, -0.05) is 0 Å². The molecule has 0 amide bonds. The molecule has 0 atom stereocenters. The van der Waals surface area contributed by atoms with Crippen LogP contribution in [0.3, 0.4) is 0 Å². The van der Waals surface area contributed by atoms with Crippen molar-refractivity contribution in [2.45, 2.75) is 6.18 Å². The van der Waals surface area contributed by atoms with Crippen LogP contribution >= 0.6 is 12.4 Å². The number of aromatic amines is 1. The first-order chi connectivity index (χ1) is 6.88. The Bertz CT molecular complexity index is 574. The Labute approximate surface area is 91.7 Å². The van der Waals surface area contributed by atoms with Gasteiger partial charge in [-0.05, 0) is 0 Å². The number of nitrogens with one attached hydrogen (secondary N) is 1. The minimum absolute atomic E-state index is 0. The molecule has 0 saturated heterocycles. The minimum atomic E-state index is -4.67. The summed E-state index contributed by atoms with van der Waals surface area (Å²) in [7, 11) is 0. The number of H-pyrrole nitrogens is 1. The summed E-state index contributed by atoms with van der Waals surface area (Å²) in [5, 5.41) is 3.11. The lowest BCUT2D eigenvalue weighted by Gasteiger charge is -1.97. The summed E-state index contributed by atoms with van der Waals surface area (Å²) in [6.45, 7) is 0. The summed E-state index contributed by atoms with van der Waals surface area (Å²) in [5.74, 6) is -1.90. The van der Waals surface area contributed by atoms with Crippen LogP contribution in [0.1, 0.15) is 5.82 Å². The number of aromatic nitrogens is 4. The molecule has 10 heteroatoms. The third-order valence-corrected chi connectivity index (χ3v) is 1.62. The van der Waals surface area contributed by atoms with E-state index in [4.69, 9.17) is 5.73 Å². The van der Waals surface area contributed by atoms with E-state index in [0.717, 1.165) is 6.07 Å². The van der Waals surface area contributed by atoms with Crippen LogP contribution in [-0.2, 0) is 6.18 Å². The highest BCUT2D eigenvalue weighted by Gasteiger charge is 2.36. The fraction of sp³-hybridized carbons (Fsp3) is 0.167. The summed E-state index contributed by atoms with van der Waals surface area (Å²) in [6.07, 6.45) is -4.67. The smallest absolute Gasteiger partial charge is 0.383 e. The molecule has 3 N–H and O–H groups in total. The summed E-state index contributed by atoms with van der Waals surface area (Å²) in [4.78, 5) is 16.0. The third-order valence-electron chi connectivity index (χ3n) is 1.62. The average molecular weight is 256 g/mol. The minimum Gasteiger partial charge on any atom is -0.383 e. The highest BCUT2D eigenvalue weighted by Crippen LogP contribution is 2.26. The number of nitrogen functional groups attached to an aromatic ring is 1. The topological polar surface area (TPSA) is 89.1 Å². The van der Waals surface area contributed by atoms with Crippen LogP contribution in [0.15, 0.2) is 10.9 Å². The van der Waals surface area contributed by atoms with E-state index in [9.17, 15) is 18.0 Å². The highest BCUT2D eigenvalue weighted by molar-refractivity contribution is 5.85. The molecule has 0 fully saturated rings. The summed E-state index contributed by atoms with van der Waals surface area (Å²) >= 11 is 0. The number of rotatable bonds is 0. The second kappa shape index (κ2) is 3.67. The van der Waals surface area contributed by atoms with E-state index < -0.39 is 17.6 Å². The molecule has 6 nitrogen and oxygen atoms in total. The predicted molar refractivity (Wildman–Crippen MR) is 50.3 cm³/mol. The largest absolute Gasteiger partial charge is 0.453 e. The van der Waals surface area contributed by atoms with Crippen LogP contribution in [-0.4, -0.2) is 19.6 Å². The van der Waals surface area contributed by atoms with Crippen LogP contribution in [0.2, 0.25) is 0 Å². The van der Waals surface area contributed by atoms with Crippen LogP contribution < -0.4 is 11.3 Å². The lowest BCUT2D eigenvalue weighted by atomic mass is 10.6. The van der Waals surface area contributed by atoms with Gasteiger partial charge in [0.15, 0.2) is 0 Å². The SMILES string of the molecule is Cl.Nc1cc(=O)[nH]c2nc(C(F)(F)F)nn12. The number of alkyl halides is 3. The molecule has 2 aromatic heterocycles. The number of nitrogens with two attached hydrogens (primary N) is 1. The van der Waals surface area contributed by atoms with Crippen molar-refractivity contribution < 1.29 is 13.2 Å². The lowest BCUT2D eigenvalue weighted by Crippen LogP contribution is -2.11. The molecule has 2 aromatic rings.